The van der Waals surface area contributed by atoms with Gasteiger partial charge in [0, 0.05) is 25.0 Å². The fourth-order valence-corrected chi connectivity index (χ4v) is 3.74. The van der Waals surface area contributed by atoms with Crippen LogP contribution in [0.3, 0.4) is 0 Å². The molecule has 1 aromatic rings. The Hall–Kier alpha value is -2.11. The number of aliphatic imine (C=N–C) groups is 1. The molecule has 1 N–H and O–H groups in total. The molecule has 1 aliphatic carbocycles. The molecule has 1 saturated heterocycles. The first kappa shape index (κ1) is 18.7. The molecule has 26 heavy (non-hydrogen) atoms. The van der Waals surface area contributed by atoms with E-state index in [1.807, 2.05) is 19.1 Å². The summed E-state index contributed by atoms with van der Waals surface area (Å²) in [5.74, 6) is 0.607. The molecule has 0 radical (unpaired) electrons. The highest BCUT2D eigenvalue weighted by atomic mass is 19.1. The molecule has 5 nitrogen and oxygen atoms in total. The van der Waals surface area contributed by atoms with Gasteiger partial charge in [-0.05, 0) is 43.4 Å². The Kier molecular flexibility index (Phi) is 5.49. The number of halogens is 1. The summed E-state index contributed by atoms with van der Waals surface area (Å²) in [6, 6.07) is 6.78. The molecule has 1 heterocycles. The third-order valence-electron chi connectivity index (χ3n) is 5.59. The third kappa shape index (κ3) is 3.84. The maximum absolute atomic E-state index is 13.2. The number of guanidine groups is 1. The van der Waals surface area contributed by atoms with Gasteiger partial charge in [0.1, 0.15) is 5.82 Å². The van der Waals surface area contributed by atoms with Gasteiger partial charge < -0.3 is 15.0 Å². The van der Waals surface area contributed by atoms with Crippen molar-refractivity contribution in [1.82, 2.24) is 10.2 Å². The minimum absolute atomic E-state index is 0.0292. The summed E-state index contributed by atoms with van der Waals surface area (Å²) < 4.78 is 18.1. The Morgan fingerprint density at radius 2 is 2.04 bits per heavy atom. The quantitative estimate of drug-likeness (QED) is 0.498. The molecule has 0 bridgehead atoms. The summed E-state index contributed by atoms with van der Waals surface area (Å²) in [5, 5.41) is 3.35. The van der Waals surface area contributed by atoms with Crippen molar-refractivity contribution in [2.45, 2.75) is 32.1 Å². The van der Waals surface area contributed by atoms with Crippen molar-refractivity contribution in [3.05, 3.63) is 35.6 Å². The van der Waals surface area contributed by atoms with Crippen molar-refractivity contribution >= 4 is 11.9 Å². The molecule has 2 atom stereocenters. The number of carbonyl (C=O) groups excluding carboxylic acids is 1. The fraction of sp³-hybridized carbons (Fsp3) is 0.600. The summed E-state index contributed by atoms with van der Waals surface area (Å²) in [7, 11) is 1.44. The number of hydrogen-bond acceptors (Lipinski definition) is 3. The van der Waals surface area contributed by atoms with Crippen LogP contribution in [-0.2, 0) is 14.9 Å². The summed E-state index contributed by atoms with van der Waals surface area (Å²) in [5.41, 5.74) is 1.18. The van der Waals surface area contributed by atoms with E-state index in [9.17, 15) is 9.18 Å². The number of hydrogen-bond donors (Lipinski definition) is 1. The maximum Gasteiger partial charge on any atom is 0.310 e. The Balaban J connectivity index is 1.72. The number of nitrogens with one attached hydrogen (secondary N) is 1. The van der Waals surface area contributed by atoms with Crippen LogP contribution in [0.1, 0.15) is 32.3 Å². The number of esters is 1. The highest BCUT2D eigenvalue weighted by molar-refractivity contribution is 5.82. The zero-order valence-electron chi connectivity index (χ0n) is 15.8. The average molecular weight is 361 g/mol. The second-order valence-electron chi connectivity index (χ2n) is 7.47. The number of likely N-dealkylation sites (tertiary alicyclic amines) is 1. The number of ether oxygens (including phenoxy) is 1. The molecule has 1 aromatic carbocycles. The Bertz CT molecular complexity index is 670. The van der Waals surface area contributed by atoms with Crippen LogP contribution in [0.15, 0.2) is 29.3 Å². The number of methoxy groups -OCH3 is 1. The first-order valence-electron chi connectivity index (χ1n) is 9.36. The first-order chi connectivity index (χ1) is 12.5. The van der Waals surface area contributed by atoms with Gasteiger partial charge in [-0.3, -0.25) is 9.79 Å². The lowest BCUT2D eigenvalue weighted by Gasteiger charge is -2.23. The smallest absolute Gasteiger partial charge is 0.310 e. The molecule has 0 amide bonds. The fourth-order valence-electron chi connectivity index (χ4n) is 3.74. The van der Waals surface area contributed by atoms with Gasteiger partial charge in [-0.1, -0.05) is 19.1 Å². The summed E-state index contributed by atoms with van der Waals surface area (Å²) in [6.07, 6.45) is 2.14. The van der Waals surface area contributed by atoms with E-state index < -0.39 is 0 Å². The number of nitrogens with zero attached hydrogens (tertiary/aromatic N) is 2. The zero-order valence-corrected chi connectivity index (χ0v) is 15.8. The zero-order chi connectivity index (χ0) is 18.7. The molecular formula is C20H28FN3O2. The van der Waals surface area contributed by atoms with E-state index >= 15 is 0 Å². The van der Waals surface area contributed by atoms with Gasteiger partial charge in [-0.2, -0.15) is 0 Å². The van der Waals surface area contributed by atoms with E-state index in [1.165, 1.54) is 19.2 Å². The second-order valence-corrected chi connectivity index (χ2v) is 7.47. The van der Waals surface area contributed by atoms with Gasteiger partial charge in [0.25, 0.3) is 0 Å². The lowest BCUT2D eigenvalue weighted by Crippen LogP contribution is -2.41. The predicted octanol–water partition coefficient (Wildman–Crippen LogP) is 2.56. The molecule has 2 fully saturated rings. The summed E-state index contributed by atoms with van der Waals surface area (Å²) >= 11 is 0. The molecule has 2 unspecified atom stereocenters. The van der Waals surface area contributed by atoms with Crippen molar-refractivity contribution in [3.63, 3.8) is 0 Å². The van der Waals surface area contributed by atoms with E-state index in [-0.39, 0.29) is 29.0 Å². The molecule has 3 rings (SSSR count). The largest absolute Gasteiger partial charge is 0.469 e. The third-order valence-corrected chi connectivity index (χ3v) is 5.59. The molecule has 1 aliphatic heterocycles. The van der Waals surface area contributed by atoms with Crippen LogP contribution in [0.2, 0.25) is 0 Å². The van der Waals surface area contributed by atoms with Crippen LogP contribution in [0.25, 0.3) is 0 Å². The van der Waals surface area contributed by atoms with E-state index in [2.05, 4.69) is 17.1 Å². The Morgan fingerprint density at radius 3 is 2.62 bits per heavy atom. The molecule has 0 spiro atoms. The lowest BCUT2D eigenvalue weighted by atomic mass is 9.96. The lowest BCUT2D eigenvalue weighted by molar-refractivity contribution is -0.145. The normalized spacial score (nSPS) is 24.5. The van der Waals surface area contributed by atoms with E-state index in [4.69, 9.17) is 9.73 Å². The number of benzene rings is 1. The highest BCUT2D eigenvalue weighted by Crippen LogP contribution is 2.48. The standard InChI is InChI=1S/C20H28FN3O2/c1-4-22-19(24-11-14(2)17(12-24)18(25)26-3)23-13-20(9-10-20)15-5-7-16(21)8-6-15/h5-8,14,17H,4,9-13H2,1-3H3,(H,22,23). The SMILES string of the molecule is CCNC(=NCC1(c2ccc(F)cc2)CC1)N1CC(C)C(C(=O)OC)C1. The summed E-state index contributed by atoms with van der Waals surface area (Å²) in [4.78, 5) is 19.0. The van der Waals surface area contributed by atoms with Crippen molar-refractivity contribution in [2.75, 3.05) is 33.3 Å². The monoisotopic (exact) mass is 361 g/mol. The topological polar surface area (TPSA) is 53.9 Å². The Morgan fingerprint density at radius 1 is 1.35 bits per heavy atom. The van der Waals surface area contributed by atoms with Crippen molar-refractivity contribution < 1.29 is 13.9 Å². The predicted molar refractivity (Wildman–Crippen MR) is 99.5 cm³/mol. The first-order valence-corrected chi connectivity index (χ1v) is 9.36. The van der Waals surface area contributed by atoms with Gasteiger partial charge >= 0.3 is 5.97 Å². The van der Waals surface area contributed by atoms with Crippen molar-refractivity contribution in [2.24, 2.45) is 16.8 Å². The van der Waals surface area contributed by atoms with Gasteiger partial charge in [-0.25, -0.2) is 4.39 Å². The molecular weight excluding hydrogens is 333 g/mol. The molecule has 2 aliphatic rings. The van der Waals surface area contributed by atoms with Crippen molar-refractivity contribution in [3.8, 4) is 0 Å². The van der Waals surface area contributed by atoms with Crippen molar-refractivity contribution in [1.29, 1.82) is 0 Å². The molecule has 1 saturated carbocycles. The summed E-state index contributed by atoms with van der Waals surface area (Å²) in [6.45, 7) is 6.98. The van der Waals surface area contributed by atoms with Gasteiger partial charge in [-0.15, -0.1) is 0 Å². The van der Waals surface area contributed by atoms with E-state index in [0.29, 0.717) is 13.1 Å². The van der Waals surface area contributed by atoms with Crippen LogP contribution < -0.4 is 5.32 Å². The molecule has 142 valence electrons. The van der Waals surface area contributed by atoms with Crippen LogP contribution in [0, 0.1) is 17.7 Å². The van der Waals surface area contributed by atoms with Gasteiger partial charge in [0.15, 0.2) is 5.96 Å². The highest BCUT2D eigenvalue weighted by Gasteiger charge is 2.44. The van der Waals surface area contributed by atoms with Gasteiger partial charge in [0.2, 0.25) is 0 Å². The molecule has 0 aromatic heterocycles. The Labute approximate surface area is 154 Å². The average Bonchev–Trinajstić information content (AvgIpc) is 3.33. The molecule has 6 heteroatoms. The number of carbonyl (C=O) groups is 1. The maximum atomic E-state index is 13.2. The van der Waals surface area contributed by atoms with Crippen LogP contribution in [-0.4, -0.2) is 50.1 Å². The van der Waals surface area contributed by atoms with E-state index in [0.717, 1.165) is 37.5 Å². The second kappa shape index (κ2) is 7.64. The van der Waals surface area contributed by atoms with E-state index in [1.54, 1.807) is 0 Å². The number of rotatable bonds is 5. The minimum atomic E-state index is -0.207. The van der Waals surface area contributed by atoms with Gasteiger partial charge in [0.05, 0.1) is 19.6 Å². The van der Waals surface area contributed by atoms with Crippen LogP contribution >= 0.6 is 0 Å². The minimum Gasteiger partial charge on any atom is -0.469 e. The van der Waals surface area contributed by atoms with Crippen LogP contribution in [0.4, 0.5) is 4.39 Å². The van der Waals surface area contributed by atoms with Crippen LogP contribution in [0.5, 0.6) is 0 Å².